The average molecular weight is 248 g/mol. The molecule has 1 aromatic rings. The molecule has 0 aromatic heterocycles. The Bertz CT molecular complexity index is 475. The van der Waals surface area contributed by atoms with Gasteiger partial charge in [-0.15, -0.1) is 0 Å². The highest BCUT2D eigenvalue weighted by Crippen LogP contribution is 2.23. The summed E-state index contributed by atoms with van der Waals surface area (Å²) in [5.41, 5.74) is 11.8. The molecule has 0 aliphatic carbocycles. The molecule has 1 atom stereocenters. The summed E-state index contributed by atoms with van der Waals surface area (Å²) in [6, 6.07) is 6.52. The number of hydrogen-bond acceptors (Lipinski definition) is 4. The largest absolute Gasteiger partial charge is 0.368 e. The van der Waals surface area contributed by atoms with Crippen molar-refractivity contribution in [2.24, 2.45) is 11.5 Å². The molecule has 0 spiro atoms. The fraction of sp³-hybridized carbons (Fsp3) is 0.333. The molecule has 6 heteroatoms. The lowest BCUT2D eigenvalue weighted by Crippen LogP contribution is -2.57. The Balaban J connectivity index is 2.39. The number of benzene rings is 1. The average Bonchev–Trinajstić information content (AvgIpc) is 2.38. The van der Waals surface area contributed by atoms with Crippen LogP contribution in [-0.2, 0) is 4.79 Å². The van der Waals surface area contributed by atoms with Gasteiger partial charge in [0.05, 0.1) is 11.3 Å². The molecule has 96 valence electrons. The molecule has 18 heavy (non-hydrogen) atoms. The van der Waals surface area contributed by atoms with Crippen molar-refractivity contribution in [1.82, 2.24) is 5.32 Å². The van der Waals surface area contributed by atoms with Crippen molar-refractivity contribution < 1.29 is 9.59 Å². The predicted octanol–water partition coefficient (Wildman–Crippen LogP) is -0.951. The van der Waals surface area contributed by atoms with Crippen LogP contribution < -0.4 is 21.7 Å². The molecule has 1 fully saturated rings. The fourth-order valence-electron chi connectivity index (χ4n) is 2.18. The second kappa shape index (κ2) is 5.05. The summed E-state index contributed by atoms with van der Waals surface area (Å²) < 4.78 is 0. The van der Waals surface area contributed by atoms with Gasteiger partial charge in [-0.2, -0.15) is 0 Å². The van der Waals surface area contributed by atoms with Crippen LogP contribution in [-0.4, -0.2) is 37.5 Å². The number of anilines is 1. The first kappa shape index (κ1) is 12.4. The SMILES string of the molecule is NC(=O)c1ccccc1N1CCNCC1C(N)=O. The highest BCUT2D eigenvalue weighted by atomic mass is 16.2. The maximum absolute atomic E-state index is 11.4. The van der Waals surface area contributed by atoms with Crippen LogP contribution in [0.15, 0.2) is 24.3 Å². The second-order valence-corrected chi connectivity index (χ2v) is 4.20. The van der Waals surface area contributed by atoms with Crippen molar-refractivity contribution in [3.8, 4) is 0 Å². The van der Waals surface area contributed by atoms with Gasteiger partial charge in [-0.25, -0.2) is 0 Å². The molecule has 1 unspecified atom stereocenters. The van der Waals surface area contributed by atoms with Crippen molar-refractivity contribution in [3.05, 3.63) is 29.8 Å². The number of hydrogen-bond donors (Lipinski definition) is 3. The quantitative estimate of drug-likeness (QED) is 0.641. The van der Waals surface area contributed by atoms with E-state index in [0.29, 0.717) is 24.3 Å². The zero-order chi connectivity index (χ0) is 13.1. The van der Waals surface area contributed by atoms with E-state index in [1.807, 2.05) is 11.0 Å². The highest BCUT2D eigenvalue weighted by molar-refractivity contribution is 5.99. The van der Waals surface area contributed by atoms with Gasteiger partial charge in [0.1, 0.15) is 6.04 Å². The Labute approximate surface area is 105 Å². The van der Waals surface area contributed by atoms with Crippen LogP contribution in [0.2, 0.25) is 0 Å². The Morgan fingerprint density at radius 1 is 1.28 bits per heavy atom. The van der Waals surface area contributed by atoms with Crippen LogP contribution in [0.4, 0.5) is 5.69 Å². The number of para-hydroxylation sites is 1. The summed E-state index contributed by atoms with van der Waals surface area (Å²) in [7, 11) is 0. The van der Waals surface area contributed by atoms with Gasteiger partial charge in [0.15, 0.2) is 0 Å². The number of carbonyl (C=O) groups excluding carboxylic acids is 2. The summed E-state index contributed by atoms with van der Waals surface area (Å²) in [6.07, 6.45) is 0. The first-order valence-corrected chi connectivity index (χ1v) is 5.77. The first-order valence-electron chi connectivity index (χ1n) is 5.77. The lowest BCUT2D eigenvalue weighted by Gasteiger charge is -2.36. The number of nitrogens with zero attached hydrogens (tertiary/aromatic N) is 1. The smallest absolute Gasteiger partial charge is 0.250 e. The molecular formula is C12H16N4O2. The van der Waals surface area contributed by atoms with Gasteiger partial charge in [-0.1, -0.05) is 12.1 Å². The molecule has 1 heterocycles. The fourth-order valence-corrected chi connectivity index (χ4v) is 2.18. The maximum atomic E-state index is 11.4. The van der Waals surface area contributed by atoms with Gasteiger partial charge < -0.3 is 21.7 Å². The third-order valence-electron chi connectivity index (χ3n) is 3.05. The van der Waals surface area contributed by atoms with E-state index in [9.17, 15) is 9.59 Å². The molecular weight excluding hydrogens is 232 g/mol. The zero-order valence-corrected chi connectivity index (χ0v) is 9.93. The van der Waals surface area contributed by atoms with E-state index in [0.717, 1.165) is 6.54 Å². The van der Waals surface area contributed by atoms with E-state index >= 15 is 0 Å². The Hall–Kier alpha value is -2.08. The Morgan fingerprint density at radius 2 is 2.00 bits per heavy atom. The van der Waals surface area contributed by atoms with Crippen LogP contribution in [0.25, 0.3) is 0 Å². The van der Waals surface area contributed by atoms with Crippen LogP contribution in [0.3, 0.4) is 0 Å². The van der Waals surface area contributed by atoms with E-state index in [1.54, 1.807) is 18.2 Å². The normalized spacial score (nSPS) is 19.6. The molecule has 0 saturated carbocycles. The molecule has 1 aromatic carbocycles. The minimum Gasteiger partial charge on any atom is -0.368 e. The summed E-state index contributed by atoms with van der Waals surface area (Å²) in [4.78, 5) is 24.7. The van der Waals surface area contributed by atoms with Crippen molar-refractivity contribution in [1.29, 1.82) is 0 Å². The van der Waals surface area contributed by atoms with Gasteiger partial charge in [0.2, 0.25) is 5.91 Å². The standard InChI is InChI=1S/C12H16N4O2/c13-11(17)8-3-1-2-4-9(8)16-6-5-15-7-10(16)12(14)18/h1-4,10,15H,5-7H2,(H2,13,17)(H2,14,18). The van der Waals surface area contributed by atoms with E-state index in [1.165, 1.54) is 0 Å². The molecule has 1 aliphatic rings. The van der Waals surface area contributed by atoms with Crippen LogP contribution in [0.5, 0.6) is 0 Å². The first-order chi connectivity index (χ1) is 8.61. The predicted molar refractivity (Wildman–Crippen MR) is 68.2 cm³/mol. The number of primary amides is 2. The van der Waals surface area contributed by atoms with Crippen LogP contribution in [0, 0.1) is 0 Å². The summed E-state index contributed by atoms with van der Waals surface area (Å²) in [5, 5.41) is 3.11. The van der Waals surface area contributed by atoms with Gasteiger partial charge >= 0.3 is 0 Å². The third kappa shape index (κ3) is 2.28. The van der Waals surface area contributed by atoms with Crippen molar-refractivity contribution in [2.45, 2.75) is 6.04 Å². The van der Waals surface area contributed by atoms with E-state index in [2.05, 4.69) is 5.32 Å². The van der Waals surface area contributed by atoms with Crippen LogP contribution >= 0.6 is 0 Å². The van der Waals surface area contributed by atoms with Crippen molar-refractivity contribution in [3.63, 3.8) is 0 Å². The van der Waals surface area contributed by atoms with Crippen LogP contribution in [0.1, 0.15) is 10.4 Å². The molecule has 1 aliphatic heterocycles. The number of amides is 2. The molecule has 5 N–H and O–H groups in total. The minimum absolute atomic E-state index is 0.408. The van der Waals surface area contributed by atoms with E-state index in [-0.39, 0.29) is 0 Å². The molecule has 2 amide bonds. The number of carbonyl (C=O) groups is 2. The summed E-state index contributed by atoms with van der Waals surface area (Å²) in [5.74, 6) is -0.922. The molecule has 6 nitrogen and oxygen atoms in total. The number of piperazine rings is 1. The second-order valence-electron chi connectivity index (χ2n) is 4.20. The molecule has 0 bridgehead atoms. The van der Waals surface area contributed by atoms with Crippen molar-refractivity contribution in [2.75, 3.05) is 24.5 Å². The summed E-state index contributed by atoms with van der Waals surface area (Å²) in [6.45, 7) is 1.82. The molecule has 2 rings (SSSR count). The molecule has 0 radical (unpaired) electrons. The topological polar surface area (TPSA) is 101 Å². The maximum Gasteiger partial charge on any atom is 0.250 e. The lowest BCUT2D eigenvalue weighted by molar-refractivity contribution is -0.119. The Morgan fingerprint density at radius 3 is 2.67 bits per heavy atom. The van der Waals surface area contributed by atoms with Crippen molar-refractivity contribution >= 4 is 17.5 Å². The lowest BCUT2D eigenvalue weighted by atomic mass is 10.1. The highest BCUT2D eigenvalue weighted by Gasteiger charge is 2.28. The summed E-state index contributed by atoms with van der Waals surface area (Å²) >= 11 is 0. The Kier molecular flexibility index (Phi) is 3.47. The number of rotatable bonds is 3. The van der Waals surface area contributed by atoms with E-state index in [4.69, 9.17) is 11.5 Å². The van der Waals surface area contributed by atoms with Gasteiger partial charge in [-0.05, 0) is 12.1 Å². The minimum atomic E-state index is -0.507. The molecule has 1 saturated heterocycles. The monoisotopic (exact) mass is 248 g/mol. The van der Waals surface area contributed by atoms with Gasteiger partial charge in [-0.3, -0.25) is 9.59 Å². The number of nitrogens with one attached hydrogen (secondary N) is 1. The number of nitrogens with two attached hydrogens (primary N) is 2. The zero-order valence-electron chi connectivity index (χ0n) is 9.93. The van der Waals surface area contributed by atoms with Gasteiger partial charge in [0.25, 0.3) is 5.91 Å². The van der Waals surface area contributed by atoms with E-state index < -0.39 is 17.9 Å². The van der Waals surface area contributed by atoms with Gasteiger partial charge in [0, 0.05) is 19.6 Å². The third-order valence-corrected chi connectivity index (χ3v) is 3.05.